The van der Waals surface area contributed by atoms with Gasteiger partial charge in [-0.2, -0.15) is 0 Å². The first-order chi connectivity index (χ1) is 8.69. The second-order valence-electron chi connectivity index (χ2n) is 5.49. The summed E-state index contributed by atoms with van der Waals surface area (Å²) in [6, 6.07) is 0.720. The van der Waals surface area contributed by atoms with Crippen LogP contribution >= 0.6 is 0 Å². The fourth-order valence-electron chi connectivity index (χ4n) is 2.90. The summed E-state index contributed by atoms with van der Waals surface area (Å²) >= 11 is 0. The molecular weight excluding hydrogens is 228 g/mol. The molecule has 4 nitrogen and oxygen atoms in total. The maximum absolute atomic E-state index is 9.31. The van der Waals surface area contributed by atoms with Crippen LogP contribution < -0.4 is 10.6 Å². The first kappa shape index (κ1) is 15.9. The van der Waals surface area contributed by atoms with Crippen LogP contribution in [-0.2, 0) is 0 Å². The van der Waals surface area contributed by atoms with Crippen molar-refractivity contribution in [2.45, 2.75) is 75.7 Å². The molecule has 0 saturated heterocycles. The molecule has 2 rings (SSSR count). The minimum absolute atomic E-state index is 0.0938. The van der Waals surface area contributed by atoms with E-state index in [2.05, 4.69) is 10.6 Å². The fourth-order valence-corrected chi connectivity index (χ4v) is 2.90. The Bertz CT molecular complexity index is 192. The molecule has 0 amide bonds. The van der Waals surface area contributed by atoms with Gasteiger partial charge in [-0.1, -0.05) is 25.7 Å². The van der Waals surface area contributed by atoms with E-state index in [1.54, 1.807) is 0 Å². The van der Waals surface area contributed by atoms with Gasteiger partial charge in [-0.25, -0.2) is 0 Å². The number of nitrogens with one attached hydrogen (secondary N) is 2. The van der Waals surface area contributed by atoms with Gasteiger partial charge < -0.3 is 20.8 Å². The molecular formula is C14H30N2O2. The van der Waals surface area contributed by atoms with Crippen molar-refractivity contribution in [2.75, 3.05) is 14.1 Å². The maximum Gasteiger partial charge on any atom is 0.0693 e. The Morgan fingerprint density at radius 1 is 0.667 bits per heavy atom. The molecule has 2 aliphatic rings. The molecule has 0 aromatic rings. The maximum atomic E-state index is 9.31. The van der Waals surface area contributed by atoms with Gasteiger partial charge in [0.05, 0.1) is 12.2 Å². The van der Waals surface area contributed by atoms with E-state index in [1.165, 1.54) is 25.7 Å². The average molecular weight is 258 g/mol. The molecule has 4 atom stereocenters. The molecule has 0 unspecified atom stereocenters. The zero-order valence-electron chi connectivity index (χ0n) is 11.9. The summed E-state index contributed by atoms with van der Waals surface area (Å²) in [6.45, 7) is 0. The summed E-state index contributed by atoms with van der Waals surface area (Å²) in [6.07, 6.45) is 8.96. The number of hydrogen-bond donors (Lipinski definition) is 4. The largest absolute Gasteiger partial charge is 0.392 e. The van der Waals surface area contributed by atoms with E-state index in [0.717, 1.165) is 25.7 Å². The highest BCUT2D eigenvalue weighted by atomic mass is 16.3. The van der Waals surface area contributed by atoms with Crippen molar-refractivity contribution in [2.24, 2.45) is 0 Å². The number of likely N-dealkylation sites (N-methyl/N-ethyl adjacent to an activating group) is 2. The topological polar surface area (TPSA) is 64.5 Å². The number of aliphatic hydroxyl groups is 2. The van der Waals surface area contributed by atoms with Crippen molar-refractivity contribution in [3.63, 3.8) is 0 Å². The lowest BCUT2D eigenvalue weighted by atomic mass is 9.93. The summed E-state index contributed by atoms with van der Waals surface area (Å²) in [7, 11) is 3.83. The van der Waals surface area contributed by atoms with Crippen LogP contribution in [0.3, 0.4) is 0 Å². The number of rotatable bonds is 2. The van der Waals surface area contributed by atoms with Gasteiger partial charge in [0.2, 0.25) is 0 Å². The van der Waals surface area contributed by atoms with Gasteiger partial charge in [-0.3, -0.25) is 0 Å². The first-order valence-corrected chi connectivity index (χ1v) is 7.39. The zero-order valence-corrected chi connectivity index (χ0v) is 11.9. The minimum Gasteiger partial charge on any atom is -0.392 e. The van der Waals surface area contributed by atoms with Gasteiger partial charge in [-0.05, 0) is 39.8 Å². The molecule has 0 aromatic carbocycles. The third-order valence-corrected chi connectivity index (χ3v) is 4.20. The fraction of sp³-hybridized carbons (Fsp3) is 1.00. The molecule has 4 heteroatoms. The van der Waals surface area contributed by atoms with Gasteiger partial charge in [-0.15, -0.1) is 0 Å². The van der Waals surface area contributed by atoms with Gasteiger partial charge in [0, 0.05) is 12.1 Å². The molecule has 2 fully saturated rings. The van der Waals surface area contributed by atoms with Gasteiger partial charge in [0.25, 0.3) is 0 Å². The molecule has 0 aliphatic heterocycles. The molecule has 0 heterocycles. The van der Waals surface area contributed by atoms with Gasteiger partial charge in [0.1, 0.15) is 0 Å². The minimum atomic E-state index is -0.0938. The summed E-state index contributed by atoms with van der Waals surface area (Å²) in [4.78, 5) is 0. The third kappa shape index (κ3) is 5.22. The average Bonchev–Trinajstić information content (AvgIpc) is 2.41. The van der Waals surface area contributed by atoms with Crippen molar-refractivity contribution in [1.29, 1.82) is 0 Å². The van der Waals surface area contributed by atoms with Crippen LogP contribution in [0.1, 0.15) is 51.4 Å². The predicted octanol–water partition coefficient (Wildman–Crippen LogP) is 1.02. The van der Waals surface area contributed by atoms with Crippen molar-refractivity contribution >= 4 is 0 Å². The Morgan fingerprint density at radius 2 is 1.00 bits per heavy atom. The Balaban J connectivity index is 0.000000180. The Kier molecular flexibility index (Phi) is 7.82. The van der Waals surface area contributed by atoms with E-state index in [4.69, 9.17) is 0 Å². The van der Waals surface area contributed by atoms with Crippen molar-refractivity contribution in [3.8, 4) is 0 Å². The van der Waals surface area contributed by atoms with E-state index >= 15 is 0 Å². The van der Waals surface area contributed by atoms with Crippen LogP contribution in [0.15, 0.2) is 0 Å². The van der Waals surface area contributed by atoms with Crippen molar-refractivity contribution in [3.05, 3.63) is 0 Å². The van der Waals surface area contributed by atoms with E-state index in [1.807, 2.05) is 14.1 Å². The lowest BCUT2D eigenvalue weighted by Crippen LogP contribution is -2.39. The van der Waals surface area contributed by atoms with E-state index in [9.17, 15) is 10.2 Å². The van der Waals surface area contributed by atoms with E-state index in [0.29, 0.717) is 12.1 Å². The quantitative estimate of drug-likeness (QED) is 0.597. The highest BCUT2D eigenvalue weighted by Crippen LogP contribution is 2.18. The summed E-state index contributed by atoms with van der Waals surface area (Å²) < 4.78 is 0. The smallest absolute Gasteiger partial charge is 0.0693 e. The lowest BCUT2D eigenvalue weighted by molar-refractivity contribution is 0.0946. The van der Waals surface area contributed by atoms with E-state index in [-0.39, 0.29) is 12.2 Å². The molecule has 2 aliphatic carbocycles. The predicted molar refractivity (Wildman–Crippen MR) is 74.6 cm³/mol. The van der Waals surface area contributed by atoms with Gasteiger partial charge in [0.15, 0.2) is 0 Å². The highest BCUT2D eigenvalue weighted by molar-refractivity contribution is 4.79. The standard InChI is InChI=1S/2C7H15NO/c2*1-8-6-4-2-3-5-7(6)9/h2*6-9H,2-5H2,1H3/t2*6-,7-/m10/s1. The van der Waals surface area contributed by atoms with Crippen LogP contribution in [0.2, 0.25) is 0 Å². The van der Waals surface area contributed by atoms with Crippen LogP contribution in [0.25, 0.3) is 0 Å². The Labute approximate surface area is 111 Å². The van der Waals surface area contributed by atoms with Crippen molar-refractivity contribution < 1.29 is 10.2 Å². The van der Waals surface area contributed by atoms with Crippen LogP contribution in [-0.4, -0.2) is 48.6 Å². The second-order valence-corrected chi connectivity index (χ2v) is 5.49. The highest BCUT2D eigenvalue weighted by Gasteiger charge is 2.21. The number of hydrogen-bond acceptors (Lipinski definition) is 4. The molecule has 0 aromatic heterocycles. The summed E-state index contributed by atoms with van der Waals surface area (Å²) in [5.74, 6) is 0. The normalized spacial score (nSPS) is 36.7. The van der Waals surface area contributed by atoms with Gasteiger partial charge >= 0.3 is 0 Å². The molecule has 18 heavy (non-hydrogen) atoms. The molecule has 0 spiro atoms. The first-order valence-electron chi connectivity index (χ1n) is 7.39. The third-order valence-electron chi connectivity index (χ3n) is 4.20. The SMILES string of the molecule is CN[C@@H]1CCCC[C@H]1O.CN[C@H]1CCCC[C@@H]1O. The van der Waals surface area contributed by atoms with Crippen molar-refractivity contribution in [1.82, 2.24) is 10.6 Å². The lowest BCUT2D eigenvalue weighted by Gasteiger charge is -2.26. The Morgan fingerprint density at radius 3 is 1.22 bits per heavy atom. The number of aliphatic hydroxyl groups excluding tert-OH is 2. The second kappa shape index (κ2) is 8.86. The van der Waals surface area contributed by atoms with Crippen LogP contribution in [0.5, 0.6) is 0 Å². The zero-order chi connectivity index (χ0) is 13.4. The molecule has 4 N–H and O–H groups in total. The monoisotopic (exact) mass is 258 g/mol. The molecule has 0 bridgehead atoms. The molecule has 0 radical (unpaired) electrons. The molecule has 108 valence electrons. The van der Waals surface area contributed by atoms with Crippen LogP contribution in [0, 0.1) is 0 Å². The summed E-state index contributed by atoms with van der Waals surface area (Å²) in [5, 5.41) is 24.8. The summed E-state index contributed by atoms with van der Waals surface area (Å²) in [5.41, 5.74) is 0. The van der Waals surface area contributed by atoms with E-state index < -0.39 is 0 Å². The van der Waals surface area contributed by atoms with Crippen LogP contribution in [0.4, 0.5) is 0 Å². The Hall–Kier alpha value is -0.160. The molecule has 2 saturated carbocycles.